The van der Waals surface area contributed by atoms with Crippen LogP contribution in [0.5, 0.6) is 0 Å². The van der Waals surface area contributed by atoms with Gasteiger partial charge in [0.2, 0.25) is 5.91 Å². The van der Waals surface area contributed by atoms with Gasteiger partial charge in [-0.1, -0.05) is 30.3 Å². The molecule has 0 aromatic heterocycles. The Morgan fingerprint density at radius 1 is 1.00 bits per heavy atom. The lowest BCUT2D eigenvalue weighted by molar-refractivity contribution is -0.146. The maximum Gasteiger partial charge on any atom is 0.253 e. The summed E-state index contributed by atoms with van der Waals surface area (Å²) in [6, 6.07) is 15.5. The van der Waals surface area contributed by atoms with Crippen molar-refractivity contribution in [3.8, 4) is 0 Å². The van der Waals surface area contributed by atoms with Crippen molar-refractivity contribution in [1.82, 2.24) is 9.80 Å². The highest BCUT2D eigenvalue weighted by Crippen LogP contribution is 2.40. The molecule has 0 radical (unpaired) electrons. The van der Waals surface area contributed by atoms with Crippen LogP contribution in [-0.2, 0) is 11.3 Å². The van der Waals surface area contributed by atoms with Crippen LogP contribution < -0.4 is 0 Å². The van der Waals surface area contributed by atoms with Gasteiger partial charge in [-0.15, -0.1) is 0 Å². The van der Waals surface area contributed by atoms with E-state index in [1.54, 1.807) is 12.1 Å². The number of piperidine rings is 1. The molecule has 1 spiro atoms. The second kappa shape index (κ2) is 7.14. The molecule has 2 amide bonds. The number of amides is 2. The van der Waals surface area contributed by atoms with Gasteiger partial charge >= 0.3 is 0 Å². The first kappa shape index (κ1) is 17.7. The second-order valence-electron chi connectivity index (χ2n) is 7.58. The van der Waals surface area contributed by atoms with Gasteiger partial charge in [-0.3, -0.25) is 9.59 Å². The summed E-state index contributed by atoms with van der Waals surface area (Å²) in [5.74, 6) is -0.150. The molecule has 0 saturated carbocycles. The minimum Gasteiger partial charge on any atom is -0.338 e. The van der Waals surface area contributed by atoms with Gasteiger partial charge in [-0.2, -0.15) is 0 Å². The SMILES string of the molecule is O=C(c1ccccc1)N1CC[C@@]2(CCCN(Cc3ccc(F)cc3)C2=O)C1. The number of carbonyl (C=O) groups excluding carboxylic acids is 2. The van der Waals surface area contributed by atoms with E-state index in [1.165, 1.54) is 12.1 Å². The summed E-state index contributed by atoms with van der Waals surface area (Å²) in [6.45, 7) is 2.31. The molecular formula is C22H23FN2O2. The summed E-state index contributed by atoms with van der Waals surface area (Å²) in [4.78, 5) is 29.7. The molecule has 5 heteroatoms. The van der Waals surface area contributed by atoms with Crippen LogP contribution in [0.2, 0.25) is 0 Å². The lowest BCUT2D eigenvalue weighted by atomic mass is 9.78. The van der Waals surface area contributed by atoms with Crippen molar-refractivity contribution in [3.63, 3.8) is 0 Å². The van der Waals surface area contributed by atoms with Crippen LogP contribution in [0.3, 0.4) is 0 Å². The Balaban J connectivity index is 1.47. The molecule has 27 heavy (non-hydrogen) atoms. The molecule has 2 aromatic rings. The van der Waals surface area contributed by atoms with Crippen LogP contribution in [0.1, 0.15) is 35.2 Å². The number of hydrogen-bond donors (Lipinski definition) is 0. The molecule has 2 saturated heterocycles. The fourth-order valence-corrected chi connectivity index (χ4v) is 4.30. The normalized spacial score (nSPS) is 22.5. The van der Waals surface area contributed by atoms with Gasteiger partial charge in [-0.25, -0.2) is 4.39 Å². The zero-order valence-corrected chi connectivity index (χ0v) is 15.2. The molecule has 2 aliphatic heterocycles. The van der Waals surface area contributed by atoms with E-state index in [2.05, 4.69) is 0 Å². The first-order chi connectivity index (χ1) is 13.1. The Kier molecular flexibility index (Phi) is 4.68. The molecular weight excluding hydrogens is 343 g/mol. The van der Waals surface area contributed by atoms with Gasteiger partial charge in [-0.05, 0) is 49.1 Å². The van der Waals surface area contributed by atoms with Crippen molar-refractivity contribution in [2.75, 3.05) is 19.6 Å². The quantitative estimate of drug-likeness (QED) is 0.834. The van der Waals surface area contributed by atoms with Crippen molar-refractivity contribution < 1.29 is 14.0 Å². The maximum absolute atomic E-state index is 13.2. The molecule has 140 valence electrons. The van der Waals surface area contributed by atoms with E-state index in [1.807, 2.05) is 40.1 Å². The highest BCUT2D eigenvalue weighted by atomic mass is 19.1. The third-order valence-electron chi connectivity index (χ3n) is 5.77. The van der Waals surface area contributed by atoms with Crippen molar-refractivity contribution in [2.24, 2.45) is 5.41 Å². The van der Waals surface area contributed by atoms with Crippen LogP contribution >= 0.6 is 0 Å². The smallest absolute Gasteiger partial charge is 0.253 e. The molecule has 0 N–H and O–H groups in total. The number of hydrogen-bond acceptors (Lipinski definition) is 2. The summed E-state index contributed by atoms with van der Waals surface area (Å²) < 4.78 is 13.1. The van der Waals surface area contributed by atoms with E-state index in [4.69, 9.17) is 0 Å². The average Bonchev–Trinajstić information content (AvgIpc) is 3.12. The molecule has 4 rings (SSSR count). The van der Waals surface area contributed by atoms with Crippen molar-refractivity contribution in [2.45, 2.75) is 25.8 Å². The molecule has 0 unspecified atom stereocenters. The van der Waals surface area contributed by atoms with Crippen LogP contribution in [0.25, 0.3) is 0 Å². The minimum atomic E-state index is -0.470. The van der Waals surface area contributed by atoms with Crippen molar-refractivity contribution >= 4 is 11.8 Å². The summed E-state index contributed by atoms with van der Waals surface area (Å²) in [5.41, 5.74) is 1.13. The standard InChI is InChI=1S/C22H23FN2O2/c23-19-9-7-17(8-10-19)15-24-13-4-11-22(21(24)27)12-14-25(16-22)20(26)18-5-2-1-3-6-18/h1-3,5-10H,4,11-16H2/t22-/m0/s1. The lowest BCUT2D eigenvalue weighted by Gasteiger charge is -2.39. The maximum atomic E-state index is 13.2. The molecule has 2 fully saturated rings. The van der Waals surface area contributed by atoms with E-state index in [0.29, 0.717) is 38.2 Å². The minimum absolute atomic E-state index is 0.00377. The largest absolute Gasteiger partial charge is 0.338 e. The monoisotopic (exact) mass is 366 g/mol. The number of carbonyl (C=O) groups is 2. The molecule has 2 aromatic carbocycles. The summed E-state index contributed by atoms with van der Waals surface area (Å²) in [7, 11) is 0. The topological polar surface area (TPSA) is 40.6 Å². The predicted molar refractivity (Wildman–Crippen MR) is 100 cm³/mol. The number of likely N-dealkylation sites (tertiary alicyclic amines) is 2. The summed E-state index contributed by atoms with van der Waals surface area (Å²) >= 11 is 0. The van der Waals surface area contributed by atoms with Gasteiger partial charge in [0.05, 0.1) is 5.41 Å². The van der Waals surface area contributed by atoms with E-state index in [0.717, 1.165) is 18.4 Å². The molecule has 1 atom stereocenters. The van der Waals surface area contributed by atoms with Gasteiger partial charge in [0.25, 0.3) is 5.91 Å². The zero-order valence-electron chi connectivity index (χ0n) is 15.2. The molecule has 2 aliphatic rings. The number of benzene rings is 2. The zero-order chi connectivity index (χ0) is 18.9. The highest BCUT2D eigenvalue weighted by Gasteiger charge is 2.49. The lowest BCUT2D eigenvalue weighted by Crippen LogP contribution is -2.50. The van der Waals surface area contributed by atoms with E-state index in [9.17, 15) is 14.0 Å². The van der Waals surface area contributed by atoms with Crippen molar-refractivity contribution in [1.29, 1.82) is 0 Å². The van der Waals surface area contributed by atoms with Crippen LogP contribution in [0.4, 0.5) is 4.39 Å². The average molecular weight is 366 g/mol. The van der Waals surface area contributed by atoms with Gasteiger partial charge < -0.3 is 9.80 Å². The Morgan fingerprint density at radius 3 is 2.48 bits per heavy atom. The van der Waals surface area contributed by atoms with Crippen LogP contribution in [-0.4, -0.2) is 41.2 Å². The Morgan fingerprint density at radius 2 is 1.74 bits per heavy atom. The van der Waals surface area contributed by atoms with Gasteiger partial charge in [0.1, 0.15) is 5.82 Å². The summed E-state index contributed by atoms with van der Waals surface area (Å²) in [6.07, 6.45) is 2.47. The number of halogens is 1. The van der Waals surface area contributed by atoms with Gasteiger partial charge in [0.15, 0.2) is 0 Å². The Hall–Kier alpha value is -2.69. The fourth-order valence-electron chi connectivity index (χ4n) is 4.30. The fraction of sp³-hybridized carbons (Fsp3) is 0.364. The van der Waals surface area contributed by atoms with E-state index in [-0.39, 0.29) is 17.6 Å². The van der Waals surface area contributed by atoms with Crippen molar-refractivity contribution in [3.05, 3.63) is 71.5 Å². The molecule has 4 nitrogen and oxygen atoms in total. The van der Waals surface area contributed by atoms with E-state index >= 15 is 0 Å². The molecule has 2 heterocycles. The number of nitrogens with zero attached hydrogens (tertiary/aromatic N) is 2. The van der Waals surface area contributed by atoms with Crippen LogP contribution in [0.15, 0.2) is 54.6 Å². The highest BCUT2D eigenvalue weighted by molar-refractivity contribution is 5.95. The second-order valence-corrected chi connectivity index (χ2v) is 7.58. The molecule has 0 aliphatic carbocycles. The number of rotatable bonds is 3. The van der Waals surface area contributed by atoms with Gasteiger partial charge in [0, 0.05) is 31.7 Å². The predicted octanol–water partition coefficient (Wildman–Crippen LogP) is 3.48. The molecule has 0 bridgehead atoms. The Bertz CT molecular complexity index is 837. The van der Waals surface area contributed by atoms with E-state index < -0.39 is 5.41 Å². The first-order valence-electron chi connectivity index (χ1n) is 9.46. The van der Waals surface area contributed by atoms with Crippen LogP contribution in [0, 0.1) is 11.2 Å². The summed E-state index contributed by atoms with van der Waals surface area (Å²) in [5, 5.41) is 0. The third-order valence-corrected chi connectivity index (χ3v) is 5.77. The Labute approximate surface area is 158 Å². The third kappa shape index (κ3) is 3.46. The first-order valence-corrected chi connectivity index (χ1v) is 9.46.